The van der Waals surface area contributed by atoms with E-state index in [9.17, 15) is 0 Å². The Morgan fingerprint density at radius 2 is 2.11 bits per heavy atom. The number of benzene rings is 1. The summed E-state index contributed by atoms with van der Waals surface area (Å²) in [4.78, 5) is 4.40. The minimum atomic E-state index is 0.375. The quantitative estimate of drug-likeness (QED) is 0.715. The largest absolute Gasteiger partial charge is 0.469 e. The van der Waals surface area contributed by atoms with Crippen LogP contribution in [0.4, 0.5) is 5.69 Å². The minimum absolute atomic E-state index is 0.375. The number of ether oxygens (including phenoxy) is 1. The molecule has 1 aromatic carbocycles. The van der Waals surface area contributed by atoms with Crippen LogP contribution in [0.25, 0.3) is 10.9 Å². The van der Waals surface area contributed by atoms with Gasteiger partial charge in [-0.1, -0.05) is 0 Å². The number of nitrogens with two attached hydrogens (primary N) is 1. The van der Waals surface area contributed by atoms with Crippen LogP contribution in [0, 0.1) is 0 Å². The van der Waals surface area contributed by atoms with E-state index in [1.165, 1.54) is 0 Å². The number of fused-ring (bicyclic) bond motifs is 1. The zero-order valence-corrected chi connectivity index (χ0v) is 9.67. The van der Waals surface area contributed by atoms with Crippen molar-refractivity contribution in [1.82, 2.24) is 4.98 Å². The molecule has 4 heteroatoms. The first kappa shape index (κ1) is 10.7. The predicted molar refractivity (Wildman–Crippen MR) is 69.2 cm³/mol. The van der Waals surface area contributed by atoms with Gasteiger partial charge in [0.2, 0.25) is 5.88 Å². The topological polar surface area (TPSA) is 61.3 Å². The molecule has 0 amide bonds. The molecule has 0 saturated carbocycles. The second-order valence-electron chi connectivity index (χ2n) is 3.97. The summed E-state index contributed by atoms with van der Waals surface area (Å²) in [6.07, 6.45) is 1.62. The van der Waals surface area contributed by atoms with Gasteiger partial charge in [0, 0.05) is 17.1 Å². The van der Waals surface area contributed by atoms with Gasteiger partial charge in [0.05, 0.1) is 11.8 Å². The van der Waals surface area contributed by atoms with E-state index < -0.39 is 0 Å². The Labute approximate surface area is 104 Å². The molecule has 0 fully saturated rings. The van der Waals surface area contributed by atoms with Crippen molar-refractivity contribution in [3.63, 3.8) is 0 Å². The highest BCUT2D eigenvalue weighted by atomic mass is 16.5. The van der Waals surface area contributed by atoms with Crippen LogP contribution in [0.3, 0.4) is 0 Å². The SMILES string of the molecule is Nc1ccc2nc(OCc3ccco3)ccc2c1. The summed E-state index contributed by atoms with van der Waals surface area (Å²) in [7, 11) is 0. The fraction of sp³-hybridized carbons (Fsp3) is 0.0714. The lowest BCUT2D eigenvalue weighted by Gasteiger charge is -2.05. The van der Waals surface area contributed by atoms with Crippen LogP contribution in [-0.4, -0.2) is 4.98 Å². The molecule has 3 aromatic rings. The van der Waals surface area contributed by atoms with Gasteiger partial charge >= 0.3 is 0 Å². The number of pyridine rings is 1. The van der Waals surface area contributed by atoms with Crippen molar-refractivity contribution in [3.8, 4) is 5.88 Å². The molecule has 0 atom stereocenters. The molecule has 0 aliphatic heterocycles. The Bertz CT molecular complexity index is 663. The smallest absolute Gasteiger partial charge is 0.214 e. The van der Waals surface area contributed by atoms with Crippen molar-refractivity contribution in [2.75, 3.05) is 5.73 Å². The summed E-state index contributed by atoms with van der Waals surface area (Å²) in [6, 6.07) is 13.0. The summed E-state index contributed by atoms with van der Waals surface area (Å²) in [5, 5.41) is 1.00. The number of hydrogen-bond donors (Lipinski definition) is 1. The van der Waals surface area contributed by atoms with Crippen LogP contribution >= 0.6 is 0 Å². The average molecular weight is 240 g/mol. The molecule has 0 aliphatic rings. The Balaban J connectivity index is 1.82. The van der Waals surface area contributed by atoms with Gasteiger partial charge in [0.15, 0.2) is 0 Å². The monoisotopic (exact) mass is 240 g/mol. The van der Waals surface area contributed by atoms with Gasteiger partial charge in [-0.05, 0) is 36.4 Å². The van der Waals surface area contributed by atoms with Crippen molar-refractivity contribution in [3.05, 3.63) is 54.5 Å². The van der Waals surface area contributed by atoms with Crippen LogP contribution in [0.5, 0.6) is 5.88 Å². The molecule has 0 unspecified atom stereocenters. The maximum atomic E-state index is 5.71. The number of furan rings is 1. The number of nitrogen functional groups attached to an aromatic ring is 1. The van der Waals surface area contributed by atoms with E-state index >= 15 is 0 Å². The predicted octanol–water partition coefficient (Wildman–Crippen LogP) is 2.99. The van der Waals surface area contributed by atoms with Crippen molar-refractivity contribution in [2.45, 2.75) is 6.61 Å². The highest BCUT2D eigenvalue weighted by molar-refractivity contribution is 5.82. The minimum Gasteiger partial charge on any atom is -0.469 e. The highest BCUT2D eigenvalue weighted by Gasteiger charge is 2.01. The highest BCUT2D eigenvalue weighted by Crippen LogP contribution is 2.19. The molecule has 0 spiro atoms. The molecule has 2 N–H and O–H groups in total. The zero-order valence-electron chi connectivity index (χ0n) is 9.67. The number of anilines is 1. The number of nitrogens with zero attached hydrogens (tertiary/aromatic N) is 1. The molecule has 0 radical (unpaired) electrons. The fourth-order valence-electron chi connectivity index (χ4n) is 1.75. The Morgan fingerprint density at radius 1 is 1.17 bits per heavy atom. The van der Waals surface area contributed by atoms with Gasteiger partial charge in [-0.25, -0.2) is 4.98 Å². The molecular formula is C14H12N2O2. The van der Waals surface area contributed by atoms with Gasteiger partial charge in [0.1, 0.15) is 12.4 Å². The Hall–Kier alpha value is -2.49. The number of rotatable bonds is 3. The summed E-state index contributed by atoms with van der Waals surface area (Å²) < 4.78 is 10.7. The van der Waals surface area contributed by atoms with E-state index in [1.54, 1.807) is 6.26 Å². The van der Waals surface area contributed by atoms with E-state index in [4.69, 9.17) is 14.9 Å². The molecular weight excluding hydrogens is 228 g/mol. The van der Waals surface area contributed by atoms with Gasteiger partial charge < -0.3 is 14.9 Å². The molecule has 2 aromatic heterocycles. The molecule has 2 heterocycles. The molecule has 4 nitrogen and oxygen atoms in total. The van der Waals surface area contributed by atoms with Gasteiger partial charge in [-0.15, -0.1) is 0 Å². The van der Waals surface area contributed by atoms with Crippen LogP contribution in [-0.2, 0) is 6.61 Å². The fourth-order valence-corrected chi connectivity index (χ4v) is 1.75. The van der Waals surface area contributed by atoms with Crippen LogP contribution in [0.1, 0.15) is 5.76 Å². The maximum Gasteiger partial charge on any atom is 0.214 e. The van der Waals surface area contributed by atoms with Gasteiger partial charge in [-0.2, -0.15) is 0 Å². The van der Waals surface area contributed by atoms with Crippen LogP contribution in [0.15, 0.2) is 53.1 Å². The van der Waals surface area contributed by atoms with Crippen molar-refractivity contribution in [2.24, 2.45) is 0 Å². The molecule has 90 valence electrons. The lowest BCUT2D eigenvalue weighted by molar-refractivity contribution is 0.261. The third-order valence-electron chi connectivity index (χ3n) is 2.63. The van der Waals surface area contributed by atoms with Gasteiger partial charge in [-0.3, -0.25) is 0 Å². The van der Waals surface area contributed by atoms with Crippen LogP contribution < -0.4 is 10.5 Å². The van der Waals surface area contributed by atoms with E-state index in [2.05, 4.69) is 4.98 Å². The molecule has 3 rings (SSSR count). The summed E-state index contributed by atoms with van der Waals surface area (Å²) >= 11 is 0. The first-order valence-electron chi connectivity index (χ1n) is 5.63. The van der Waals surface area contributed by atoms with Crippen molar-refractivity contribution < 1.29 is 9.15 Å². The summed E-state index contributed by atoms with van der Waals surface area (Å²) in [5.74, 6) is 1.35. The van der Waals surface area contributed by atoms with Crippen molar-refractivity contribution in [1.29, 1.82) is 0 Å². The third-order valence-corrected chi connectivity index (χ3v) is 2.63. The third kappa shape index (κ3) is 2.13. The standard InChI is InChI=1S/C14H12N2O2/c15-11-4-5-13-10(8-11)3-6-14(16-13)18-9-12-2-1-7-17-12/h1-8H,9,15H2. The number of aromatic nitrogens is 1. The zero-order chi connectivity index (χ0) is 12.4. The normalized spacial score (nSPS) is 10.7. The second-order valence-corrected chi connectivity index (χ2v) is 3.97. The molecule has 0 saturated heterocycles. The molecule has 0 bridgehead atoms. The average Bonchev–Trinajstić information content (AvgIpc) is 2.89. The lowest BCUT2D eigenvalue weighted by Crippen LogP contribution is -1.96. The van der Waals surface area contributed by atoms with Crippen LogP contribution in [0.2, 0.25) is 0 Å². The van der Waals surface area contributed by atoms with E-state index in [-0.39, 0.29) is 0 Å². The van der Waals surface area contributed by atoms with E-state index in [0.717, 1.165) is 22.4 Å². The van der Waals surface area contributed by atoms with Gasteiger partial charge in [0.25, 0.3) is 0 Å². The van der Waals surface area contributed by atoms with Crippen molar-refractivity contribution >= 4 is 16.6 Å². The lowest BCUT2D eigenvalue weighted by atomic mass is 10.2. The van der Waals surface area contributed by atoms with E-state index in [0.29, 0.717) is 12.5 Å². The Kier molecular flexibility index (Phi) is 2.61. The second kappa shape index (κ2) is 4.41. The first-order valence-corrected chi connectivity index (χ1v) is 5.63. The van der Waals surface area contributed by atoms with E-state index in [1.807, 2.05) is 42.5 Å². The summed E-state index contributed by atoms with van der Waals surface area (Å²) in [5.41, 5.74) is 7.31. The summed E-state index contributed by atoms with van der Waals surface area (Å²) in [6.45, 7) is 0.375. The first-order chi connectivity index (χ1) is 8.81. The Morgan fingerprint density at radius 3 is 2.94 bits per heavy atom. The maximum absolute atomic E-state index is 5.71. The number of hydrogen-bond acceptors (Lipinski definition) is 4. The molecule has 18 heavy (non-hydrogen) atoms. The molecule has 0 aliphatic carbocycles.